The van der Waals surface area contributed by atoms with Gasteiger partial charge in [0.05, 0.1) is 16.5 Å². The van der Waals surface area contributed by atoms with Crippen LogP contribution in [0.15, 0.2) is 239 Å². The summed E-state index contributed by atoms with van der Waals surface area (Å²) in [5.41, 5.74) is 9.78. The molecule has 0 atom stereocenters. The molecule has 10 aromatic rings. The van der Waals surface area contributed by atoms with E-state index >= 15 is 0 Å². The van der Waals surface area contributed by atoms with Crippen molar-refractivity contribution in [3.05, 3.63) is 247 Å². The molecule has 3 heterocycles. The van der Waals surface area contributed by atoms with Crippen LogP contribution >= 0.6 is 11.8 Å². The highest BCUT2D eigenvalue weighted by Crippen LogP contribution is 2.58. The number of nitrogens with zero attached hydrogens (tertiary/aromatic N) is 1. The van der Waals surface area contributed by atoms with Crippen molar-refractivity contribution >= 4 is 79.6 Å². The predicted molar refractivity (Wildman–Crippen MR) is 248 cm³/mol. The Morgan fingerprint density at radius 2 is 0.949 bits per heavy atom. The van der Waals surface area contributed by atoms with Gasteiger partial charge in [-0.15, -0.1) is 0 Å². The number of hydrogen-bond acceptors (Lipinski definition) is 3. The number of rotatable bonds is 5. The monoisotopic (exact) mass is 787 g/mol. The van der Waals surface area contributed by atoms with Gasteiger partial charge in [0.2, 0.25) is 0 Å². The van der Waals surface area contributed by atoms with Gasteiger partial charge in [-0.25, -0.2) is 0 Å². The number of hydrogen-bond donors (Lipinski definition) is 0. The first-order chi connectivity index (χ1) is 29.3. The van der Waals surface area contributed by atoms with E-state index in [1.807, 2.05) is 17.8 Å². The van der Waals surface area contributed by atoms with Crippen LogP contribution in [-0.4, -0.2) is 8.07 Å². The molecular formula is C55H37NOSSi. The Hall–Kier alpha value is -6.85. The van der Waals surface area contributed by atoms with Gasteiger partial charge in [0.15, 0.2) is 8.07 Å². The zero-order chi connectivity index (χ0) is 39.0. The zero-order valence-corrected chi connectivity index (χ0v) is 33.9. The molecular weight excluding hydrogens is 751 g/mol. The van der Waals surface area contributed by atoms with Gasteiger partial charge >= 0.3 is 0 Å². The summed E-state index contributed by atoms with van der Waals surface area (Å²) in [5.74, 6) is 0. The average molecular weight is 788 g/mol. The van der Waals surface area contributed by atoms with E-state index in [2.05, 4.69) is 223 Å². The SMILES string of the molecule is c1ccc(N(c2ccc3c(c2)C2(c4ccccc4S3)c3ccccc3[Si](c3ccccc3)(c3ccccc3)c3ccccc32)c2cccc3oc4ccccc4c23)cc1. The Bertz CT molecular complexity index is 3120. The Morgan fingerprint density at radius 3 is 1.64 bits per heavy atom. The summed E-state index contributed by atoms with van der Waals surface area (Å²) in [6, 6.07) is 83.5. The smallest absolute Gasteiger partial charge is 0.180 e. The third-order valence-electron chi connectivity index (χ3n) is 12.7. The first-order valence-corrected chi connectivity index (χ1v) is 23.1. The van der Waals surface area contributed by atoms with Crippen LogP contribution in [0.3, 0.4) is 0 Å². The van der Waals surface area contributed by atoms with Crippen LogP contribution in [0.4, 0.5) is 17.1 Å². The van der Waals surface area contributed by atoms with Crippen LogP contribution in [0.5, 0.6) is 0 Å². The number of furan rings is 1. The molecule has 0 unspecified atom stereocenters. The van der Waals surface area contributed by atoms with E-state index in [4.69, 9.17) is 4.42 Å². The Labute approximate surface area is 349 Å². The van der Waals surface area contributed by atoms with Gasteiger partial charge in [-0.3, -0.25) is 0 Å². The minimum absolute atomic E-state index is 0.600. The van der Waals surface area contributed by atoms with Gasteiger partial charge in [-0.2, -0.15) is 0 Å². The second-order valence-corrected chi connectivity index (χ2v) is 20.3. The summed E-state index contributed by atoms with van der Waals surface area (Å²) in [6.45, 7) is 0. The van der Waals surface area contributed by atoms with E-state index in [1.54, 1.807) is 0 Å². The van der Waals surface area contributed by atoms with Gasteiger partial charge in [-0.1, -0.05) is 182 Å². The lowest BCUT2D eigenvalue weighted by Gasteiger charge is -2.51. The van der Waals surface area contributed by atoms with Crippen molar-refractivity contribution < 1.29 is 4.42 Å². The first kappa shape index (κ1) is 34.2. The molecule has 0 saturated heterocycles. The second kappa shape index (κ2) is 13.4. The second-order valence-electron chi connectivity index (χ2n) is 15.5. The predicted octanol–water partition coefficient (Wildman–Crippen LogP) is 11.6. The minimum Gasteiger partial charge on any atom is -0.456 e. The third kappa shape index (κ3) is 4.82. The van der Waals surface area contributed by atoms with Crippen molar-refractivity contribution in [2.24, 2.45) is 0 Å². The summed E-state index contributed by atoms with van der Waals surface area (Å²) in [7, 11) is -2.85. The Balaban J connectivity index is 1.20. The fourth-order valence-electron chi connectivity index (χ4n) is 10.4. The zero-order valence-electron chi connectivity index (χ0n) is 32.1. The van der Waals surface area contributed by atoms with E-state index in [0.29, 0.717) is 0 Å². The standard InChI is InChI=1S/C55H37NOSSi/c1-4-19-38(20-5-1)56(47-29-18-31-49-54(47)42-25-10-14-30-48(42)57-49)39-35-36-51-46(37-39)55(43-26-11-15-32-50(43)58-51)44-27-12-16-33-52(44)59(40-21-6-2-7-22-40,41-23-8-3-9-24-41)53-34-17-13-28-45(53)55/h1-37H. The summed E-state index contributed by atoms with van der Waals surface area (Å²) >= 11 is 1.89. The molecule has 0 saturated carbocycles. The maximum absolute atomic E-state index is 6.48. The van der Waals surface area contributed by atoms with Crippen LogP contribution < -0.4 is 25.6 Å². The summed E-state index contributed by atoms with van der Waals surface area (Å²) in [5, 5.41) is 7.87. The molecule has 2 nitrogen and oxygen atoms in total. The molecule has 2 aliphatic rings. The maximum atomic E-state index is 6.48. The van der Waals surface area contributed by atoms with Crippen molar-refractivity contribution in [1.29, 1.82) is 0 Å². The van der Waals surface area contributed by atoms with Crippen molar-refractivity contribution in [3.8, 4) is 0 Å². The van der Waals surface area contributed by atoms with E-state index in [1.165, 1.54) is 52.8 Å². The third-order valence-corrected chi connectivity index (χ3v) is 18.7. The van der Waals surface area contributed by atoms with Crippen molar-refractivity contribution in [1.82, 2.24) is 0 Å². The van der Waals surface area contributed by atoms with E-state index in [-0.39, 0.29) is 0 Å². The minimum atomic E-state index is -2.85. The van der Waals surface area contributed by atoms with E-state index in [9.17, 15) is 0 Å². The van der Waals surface area contributed by atoms with Gasteiger partial charge in [0.1, 0.15) is 11.2 Å². The van der Waals surface area contributed by atoms with Crippen molar-refractivity contribution in [2.45, 2.75) is 15.2 Å². The molecule has 2 aliphatic heterocycles. The Morgan fingerprint density at radius 1 is 0.407 bits per heavy atom. The van der Waals surface area contributed by atoms with Crippen molar-refractivity contribution in [3.63, 3.8) is 0 Å². The number of para-hydroxylation sites is 2. The topological polar surface area (TPSA) is 16.4 Å². The maximum Gasteiger partial charge on any atom is 0.180 e. The largest absolute Gasteiger partial charge is 0.456 e. The Kier molecular flexibility index (Phi) is 7.74. The highest BCUT2D eigenvalue weighted by atomic mass is 32.2. The van der Waals surface area contributed by atoms with Crippen molar-refractivity contribution in [2.75, 3.05) is 4.90 Å². The highest BCUT2D eigenvalue weighted by molar-refractivity contribution is 7.99. The van der Waals surface area contributed by atoms with Gasteiger partial charge in [0.25, 0.3) is 0 Å². The fraction of sp³-hybridized carbons (Fsp3) is 0.0182. The molecule has 0 bridgehead atoms. The fourth-order valence-corrected chi connectivity index (χ4v) is 16.9. The van der Waals surface area contributed by atoms with Gasteiger partial charge < -0.3 is 9.32 Å². The van der Waals surface area contributed by atoms with Crippen LogP contribution in [0.1, 0.15) is 22.3 Å². The lowest BCUT2D eigenvalue weighted by molar-refractivity contribution is 0.669. The molecule has 278 valence electrons. The summed E-state index contributed by atoms with van der Waals surface area (Å²) in [4.78, 5) is 4.99. The van der Waals surface area contributed by atoms with Crippen LogP contribution in [-0.2, 0) is 5.41 Å². The molecule has 0 N–H and O–H groups in total. The number of fused-ring (bicyclic) bond motifs is 11. The molecule has 0 amide bonds. The molecule has 9 aromatic carbocycles. The number of anilines is 3. The van der Waals surface area contributed by atoms with E-state index < -0.39 is 13.5 Å². The molecule has 0 radical (unpaired) electrons. The molecule has 1 spiro atoms. The summed E-state index contributed by atoms with van der Waals surface area (Å²) < 4.78 is 6.48. The van der Waals surface area contributed by atoms with E-state index in [0.717, 1.165) is 39.0 Å². The lowest BCUT2D eigenvalue weighted by Crippen LogP contribution is -2.79. The van der Waals surface area contributed by atoms with Crippen LogP contribution in [0.25, 0.3) is 21.9 Å². The molecule has 59 heavy (non-hydrogen) atoms. The summed E-state index contributed by atoms with van der Waals surface area (Å²) in [6.07, 6.45) is 0. The average Bonchev–Trinajstić information content (AvgIpc) is 3.70. The van der Waals surface area contributed by atoms with Crippen LogP contribution in [0.2, 0.25) is 0 Å². The lowest BCUT2D eigenvalue weighted by atomic mass is 9.64. The van der Waals surface area contributed by atoms with Gasteiger partial charge in [-0.05, 0) is 97.6 Å². The molecule has 1 aromatic heterocycles. The highest BCUT2D eigenvalue weighted by Gasteiger charge is 2.57. The molecule has 12 rings (SSSR count). The molecule has 0 aliphatic carbocycles. The normalized spacial score (nSPS) is 14.3. The van der Waals surface area contributed by atoms with Gasteiger partial charge in [0, 0.05) is 26.6 Å². The van der Waals surface area contributed by atoms with Crippen LogP contribution in [0, 0.1) is 0 Å². The first-order valence-electron chi connectivity index (χ1n) is 20.3. The molecule has 0 fully saturated rings. The molecule has 4 heteroatoms. The number of benzene rings is 9. The quantitative estimate of drug-likeness (QED) is 0.162.